The molecular weight excluding hydrogens is 420 g/mol. The lowest BCUT2D eigenvalue weighted by Crippen LogP contribution is -2.48. The van der Waals surface area contributed by atoms with Gasteiger partial charge in [0, 0.05) is 12.5 Å². The topological polar surface area (TPSA) is 36.9 Å². The zero-order valence-electron chi connectivity index (χ0n) is 22.2. The van der Waals surface area contributed by atoms with Crippen molar-refractivity contribution in [3.05, 3.63) is 29.8 Å². The second kappa shape index (κ2) is 11.0. The van der Waals surface area contributed by atoms with Gasteiger partial charge in [-0.3, -0.25) is 0 Å². The maximum Gasteiger partial charge on any atom is 0.192 e. The average molecular weight is 469 g/mol. The van der Waals surface area contributed by atoms with E-state index in [-0.39, 0.29) is 22.1 Å². The van der Waals surface area contributed by atoms with Gasteiger partial charge in [-0.05, 0) is 54.0 Å². The Morgan fingerprint density at radius 3 is 1.77 bits per heavy atom. The molecule has 0 aliphatic rings. The van der Waals surface area contributed by atoms with E-state index in [0.717, 1.165) is 11.3 Å². The fourth-order valence-electron chi connectivity index (χ4n) is 2.55. The van der Waals surface area contributed by atoms with Gasteiger partial charge in [0.1, 0.15) is 5.75 Å². The standard InChI is InChI=1S/C25H48O4Si2/c1-20(17-28-30(9,10)24(2,3)4)23(29-31(11,12)25(5,6)7)19-27-18-21-13-15-22(26-8)16-14-21/h13-16,20,23H,17-19H2,1-12H3/t20-,23-/m1/s1. The van der Waals surface area contributed by atoms with Crippen LogP contribution in [0, 0.1) is 5.92 Å². The van der Waals surface area contributed by atoms with E-state index in [0.29, 0.717) is 19.8 Å². The maximum atomic E-state index is 6.82. The molecule has 0 aromatic heterocycles. The minimum atomic E-state index is -1.92. The summed E-state index contributed by atoms with van der Waals surface area (Å²) in [5.41, 5.74) is 1.14. The number of benzene rings is 1. The SMILES string of the molecule is COc1ccc(COC[C@@H](O[Si](C)(C)C(C)(C)C)[C@H](C)CO[Si](C)(C)C(C)(C)C)cc1. The van der Waals surface area contributed by atoms with Crippen molar-refractivity contribution in [3.8, 4) is 5.75 Å². The van der Waals surface area contributed by atoms with Gasteiger partial charge in [0.15, 0.2) is 16.6 Å². The summed E-state index contributed by atoms with van der Waals surface area (Å²) in [7, 11) is -2.04. The predicted octanol–water partition coefficient (Wildman–Crippen LogP) is 7.26. The Labute approximate surface area is 194 Å². The van der Waals surface area contributed by atoms with Gasteiger partial charge in [0.2, 0.25) is 0 Å². The van der Waals surface area contributed by atoms with Crippen LogP contribution in [-0.2, 0) is 20.2 Å². The van der Waals surface area contributed by atoms with E-state index >= 15 is 0 Å². The van der Waals surface area contributed by atoms with Gasteiger partial charge in [-0.1, -0.05) is 60.6 Å². The molecule has 2 atom stereocenters. The van der Waals surface area contributed by atoms with E-state index < -0.39 is 16.6 Å². The highest BCUT2D eigenvalue weighted by molar-refractivity contribution is 6.74. The molecule has 0 aliphatic carbocycles. The van der Waals surface area contributed by atoms with Gasteiger partial charge in [-0.25, -0.2) is 0 Å². The summed E-state index contributed by atoms with van der Waals surface area (Å²) in [4.78, 5) is 0. The van der Waals surface area contributed by atoms with Gasteiger partial charge in [0.05, 0.1) is 26.4 Å². The highest BCUT2D eigenvalue weighted by Crippen LogP contribution is 2.39. The van der Waals surface area contributed by atoms with E-state index in [1.807, 2.05) is 24.3 Å². The van der Waals surface area contributed by atoms with Crippen LogP contribution < -0.4 is 4.74 Å². The van der Waals surface area contributed by atoms with Gasteiger partial charge in [0.25, 0.3) is 0 Å². The number of methoxy groups -OCH3 is 1. The lowest BCUT2D eigenvalue weighted by Gasteiger charge is -2.42. The Morgan fingerprint density at radius 1 is 0.806 bits per heavy atom. The molecule has 0 saturated heterocycles. The van der Waals surface area contributed by atoms with E-state index in [1.54, 1.807) is 7.11 Å². The summed E-state index contributed by atoms with van der Waals surface area (Å²) in [5.74, 6) is 1.12. The van der Waals surface area contributed by atoms with Crippen molar-refractivity contribution in [2.24, 2.45) is 5.92 Å². The lowest BCUT2D eigenvalue weighted by molar-refractivity contribution is -0.00266. The molecule has 1 rings (SSSR count). The van der Waals surface area contributed by atoms with E-state index in [2.05, 4.69) is 74.7 Å². The summed E-state index contributed by atoms with van der Waals surface area (Å²) in [6, 6.07) is 8.04. The van der Waals surface area contributed by atoms with E-state index in [1.165, 1.54) is 0 Å². The molecule has 0 radical (unpaired) electrons. The maximum absolute atomic E-state index is 6.82. The van der Waals surface area contributed by atoms with Gasteiger partial charge in [-0.15, -0.1) is 0 Å². The van der Waals surface area contributed by atoms with Crippen molar-refractivity contribution >= 4 is 16.6 Å². The molecule has 0 amide bonds. The highest BCUT2D eigenvalue weighted by atomic mass is 28.4. The molecule has 1 aromatic carbocycles. The summed E-state index contributed by atoms with van der Waals surface area (Å²) in [6.45, 7) is 27.0. The average Bonchev–Trinajstić information content (AvgIpc) is 2.64. The van der Waals surface area contributed by atoms with Crippen molar-refractivity contribution in [1.82, 2.24) is 0 Å². The van der Waals surface area contributed by atoms with Crippen LogP contribution >= 0.6 is 0 Å². The summed E-state index contributed by atoms with van der Waals surface area (Å²) in [5, 5.41) is 0.356. The van der Waals surface area contributed by atoms with Crippen LogP contribution in [0.15, 0.2) is 24.3 Å². The van der Waals surface area contributed by atoms with Crippen LogP contribution in [-0.4, -0.2) is 43.1 Å². The predicted molar refractivity (Wildman–Crippen MR) is 137 cm³/mol. The molecular formula is C25H48O4Si2. The number of hydrogen-bond donors (Lipinski definition) is 0. The monoisotopic (exact) mass is 468 g/mol. The van der Waals surface area contributed by atoms with Crippen LogP contribution in [0.4, 0.5) is 0 Å². The Hall–Kier alpha value is -0.666. The van der Waals surface area contributed by atoms with Crippen molar-refractivity contribution in [2.75, 3.05) is 20.3 Å². The summed E-state index contributed by atoms with van der Waals surface area (Å²) < 4.78 is 24.7. The third kappa shape index (κ3) is 8.65. The normalized spacial score (nSPS) is 15.6. The molecule has 0 bridgehead atoms. The molecule has 0 saturated carbocycles. The van der Waals surface area contributed by atoms with Crippen molar-refractivity contribution < 1.29 is 18.3 Å². The zero-order chi connectivity index (χ0) is 24.1. The third-order valence-electron chi connectivity index (χ3n) is 7.11. The fraction of sp³-hybridized carbons (Fsp3) is 0.760. The number of hydrogen-bond acceptors (Lipinski definition) is 4. The molecule has 1 aromatic rings. The molecule has 0 aliphatic heterocycles. The highest BCUT2D eigenvalue weighted by Gasteiger charge is 2.41. The molecule has 31 heavy (non-hydrogen) atoms. The summed E-state index contributed by atoms with van der Waals surface area (Å²) in [6.07, 6.45) is 0.0175. The molecule has 0 spiro atoms. The molecule has 4 nitrogen and oxygen atoms in total. The Bertz CT molecular complexity index is 658. The Morgan fingerprint density at radius 2 is 1.32 bits per heavy atom. The largest absolute Gasteiger partial charge is 0.497 e. The second-order valence-corrected chi connectivity index (χ2v) is 21.4. The van der Waals surface area contributed by atoms with Gasteiger partial charge >= 0.3 is 0 Å². The number of rotatable bonds is 11. The van der Waals surface area contributed by atoms with E-state index in [4.69, 9.17) is 18.3 Å². The second-order valence-electron chi connectivity index (χ2n) is 11.8. The van der Waals surface area contributed by atoms with Crippen molar-refractivity contribution in [3.63, 3.8) is 0 Å². The van der Waals surface area contributed by atoms with Crippen LogP contribution in [0.1, 0.15) is 54.0 Å². The first kappa shape index (κ1) is 28.4. The van der Waals surface area contributed by atoms with Crippen LogP contribution in [0.5, 0.6) is 5.75 Å². The molecule has 0 heterocycles. The van der Waals surface area contributed by atoms with Gasteiger partial charge in [-0.2, -0.15) is 0 Å². The minimum Gasteiger partial charge on any atom is -0.497 e. The minimum absolute atomic E-state index is 0.0175. The first-order valence-corrected chi connectivity index (χ1v) is 17.3. The van der Waals surface area contributed by atoms with Crippen molar-refractivity contribution in [2.45, 2.75) is 97.4 Å². The summed E-state index contributed by atoms with van der Waals surface area (Å²) >= 11 is 0. The number of ether oxygens (including phenoxy) is 2. The first-order chi connectivity index (χ1) is 14.0. The van der Waals surface area contributed by atoms with Crippen LogP contribution in [0.2, 0.25) is 36.3 Å². The van der Waals surface area contributed by atoms with Crippen LogP contribution in [0.3, 0.4) is 0 Å². The first-order valence-electron chi connectivity index (χ1n) is 11.5. The van der Waals surface area contributed by atoms with Gasteiger partial charge < -0.3 is 18.3 Å². The zero-order valence-corrected chi connectivity index (χ0v) is 24.2. The lowest BCUT2D eigenvalue weighted by atomic mass is 10.1. The third-order valence-corrected chi connectivity index (χ3v) is 16.1. The smallest absolute Gasteiger partial charge is 0.192 e. The van der Waals surface area contributed by atoms with Crippen molar-refractivity contribution in [1.29, 1.82) is 0 Å². The molecule has 6 heteroatoms. The Kier molecular flexibility index (Phi) is 10.0. The fourth-order valence-corrected chi connectivity index (χ4v) is 5.07. The molecule has 180 valence electrons. The van der Waals surface area contributed by atoms with Crippen LogP contribution in [0.25, 0.3) is 0 Å². The quantitative estimate of drug-likeness (QED) is 0.320. The molecule has 0 unspecified atom stereocenters. The molecule has 0 N–H and O–H groups in total. The Balaban J connectivity index is 2.84. The van der Waals surface area contributed by atoms with E-state index in [9.17, 15) is 0 Å². The molecule has 0 fully saturated rings.